The van der Waals surface area contributed by atoms with E-state index in [0.717, 1.165) is 25.7 Å². The maximum absolute atomic E-state index is 12.0. The fraction of sp³-hybridized carbons (Fsp3) is 0.316. The van der Waals surface area contributed by atoms with E-state index in [1.807, 2.05) is 6.07 Å². The Labute approximate surface area is 140 Å². The Kier molecular flexibility index (Phi) is 5.56. The van der Waals surface area contributed by atoms with E-state index >= 15 is 0 Å². The van der Waals surface area contributed by atoms with Crippen molar-refractivity contribution in [2.24, 2.45) is 0 Å². The summed E-state index contributed by atoms with van der Waals surface area (Å²) in [7, 11) is 0. The summed E-state index contributed by atoms with van der Waals surface area (Å²) in [6.45, 7) is 0. The Morgan fingerprint density at radius 2 is 1.88 bits per heavy atom. The molecule has 0 spiro atoms. The number of aryl methyl sites for hydroxylation is 1. The third-order valence-corrected chi connectivity index (χ3v) is 3.82. The second-order valence-corrected chi connectivity index (χ2v) is 5.75. The summed E-state index contributed by atoms with van der Waals surface area (Å²) in [5, 5.41) is 3.82. The molecule has 1 aromatic carbocycles. The molecule has 5 nitrogen and oxygen atoms in total. The molecule has 0 aliphatic rings. The Morgan fingerprint density at radius 3 is 2.67 bits per heavy atom. The van der Waals surface area contributed by atoms with Gasteiger partial charge in [-0.05, 0) is 37.0 Å². The van der Waals surface area contributed by atoms with Crippen LogP contribution >= 0.6 is 0 Å². The lowest BCUT2D eigenvalue weighted by Crippen LogP contribution is -2.03. The first kappa shape index (κ1) is 16.2. The number of nitrogens with zero attached hydrogens (tertiary/aromatic N) is 2. The topological polar surface area (TPSA) is 69.1 Å². The van der Waals surface area contributed by atoms with E-state index in [1.165, 1.54) is 5.56 Å². The molecule has 5 heteroatoms. The summed E-state index contributed by atoms with van der Waals surface area (Å²) in [6.07, 6.45) is 6.38. The minimum absolute atomic E-state index is 0.129. The number of ketones is 1. The van der Waals surface area contributed by atoms with E-state index in [0.29, 0.717) is 23.9 Å². The molecule has 3 rings (SSSR count). The number of hydrogen-bond acceptors (Lipinski definition) is 5. The van der Waals surface area contributed by atoms with Gasteiger partial charge in [-0.2, -0.15) is 4.98 Å². The lowest BCUT2D eigenvalue weighted by molar-refractivity contribution is -0.118. The number of carbonyl (C=O) groups excluding carboxylic acids is 1. The van der Waals surface area contributed by atoms with Crippen LogP contribution in [-0.4, -0.2) is 15.9 Å². The Morgan fingerprint density at radius 1 is 1.00 bits per heavy atom. The predicted octanol–water partition coefficient (Wildman–Crippen LogP) is 4.24. The van der Waals surface area contributed by atoms with Crippen LogP contribution in [0.3, 0.4) is 0 Å². The molecule has 3 aromatic rings. The molecular weight excluding hydrogens is 304 g/mol. The molecule has 0 N–H and O–H groups in total. The van der Waals surface area contributed by atoms with Gasteiger partial charge in [-0.3, -0.25) is 4.79 Å². The summed E-state index contributed by atoms with van der Waals surface area (Å²) >= 11 is 0. The number of furan rings is 1. The van der Waals surface area contributed by atoms with Crippen LogP contribution in [0.15, 0.2) is 57.7 Å². The first-order valence-corrected chi connectivity index (χ1v) is 8.23. The minimum Gasteiger partial charge on any atom is -0.461 e. The van der Waals surface area contributed by atoms with Gasteiger partial charge in [0.25, 0.3) is 0 Å². The van der Waals surface area contributed by atoms with Crippen LogP contribution in [-0.2, 0) is 17.6 Å². The van der Waals surface area contributed by atoms with Crippen molar-refractivity contribution >= 4 is 5.78 Å². The van der Waals surface area contributed by atoms with Crippen molar-refractivity contribution in [3.63, 3.8) is 0 Å². The lowest BCUT2D eigenvalue weighted by Gasteiger charge is -2.01. The van der Waals surface area contributed by atoms with Gasteiger partial charge in [0.15, 0.2) is 5.76 Å². The van der Waals surface area contributed by atoms with E-state index in [9.17, 15) is 4.79 Å². The summed E-state index contributed by atoms with van der Waals surface area (Å²) in [5.41, 5.74) is 1.35. The first-order valence-electron chi connectivity index (χ1n) is 8.23. The van der Waals surface area contributed by atoms with Gasteiger partial charge in [0, 0.05) is 6.42 Å². The highest BCUT2D eigenvalue weighted by Crippen LogP contribution is 2.16. The average molecular weight is 324 g/mol. The zero-order valence-corrected chi connectivity index (χ0v) is 13.5. The molecule has 0 fully saturated rings. The monoisotopic (exact) mass is 324 g/mol. The molecule has 0 saturated carbocycles. The van der Waals surface area contributed by atoms with Gasteiger partial charge < -0.3 is 8.94 Å². The highest BCUT2D eigenvalue weighted by Gasteiger charge is 2.13. The van der Waals surface area contributed by atoms with Gasteiger partial charge in [0.05, 0.1) is 12.7 Å². The number of rotatable bonds is 9. The third kappa shape index (κ3) is 4.65. The maximum atomic E-state index is 12.0. The van der Waals surface area contributed by atoms with E-state index < -0.39 is 0 Å². The van der Waals surface area contributed by atoms with Crippen molar-refractivity contribution in [2.45, 2.75) is 38.5 Å². The van der Waals surface area contributed by atoms with Gasteiger partial charge in [-0.25, -0.2) is 0 Å². The quantitative estimate of drug-likeness (QED) is 0.550. The van der Waals surface area contributed by atoms with Gasteiger partial charge in [-0.15, -0.1) is 0 Å². The van der Waals surface area contributed by atoms with Crippen molar-refractivity contribution in [3.05, 3.63) is 60.2 Å². The molecule has 124 valence electrons. The van der Waals surface area contributed by atoms with Gasteiger partial charge in [0.2, 0.25) is 11.7 Å². The highest BCUT2D eigenvalue weighted by atomic mass is 16.5. The van der Waals surface area contributed by atoms with E-state index in [2.05, 4.69) is 34.4 Å². The van der Waals surface area contributed by atoms with Crippen molar-refractivity contribution in [1.29, 1.82) is 0 Å². The molecular formula is C19H20N2O3. The van der Waals surface area contributed by atoms with E-state index in [1.54, 1.807) is 18.4 Å². The zero-order chi connectivity index (χ0) is 16.6. The largest absolute Gasteiger partial charge is 0.461 e. The minimum atomic E-state index is 0.129. The third-order valence-electron chi connectivity index (χ3n) is 3.82. The van der Waals surface area contributed by atoms with Crippen LogP contribution in [0.1, 0.15) is 37.1 Å². The molecule has 0 aliphatic heterocycles. The number of Topliss-reactive ketones (excluding diaryl/α,β-unsaturated/α-hetero) is 1. The molecule has 0 radical (unpaired) electrons. The molecule has 0 bridgehead atoms. The summed E-state index contributed by atoms with van der Waals surface area (Å²) < 4.78 is 10.3. The highest BCUT2D eigenvalue weighted by molar-refractivity contribution is 5.79. The smallest absolute Gasteiger partial charge is 0.238 e. The van der Waals surface area contributed by atoms with Crippen LogP contribution in [0.2, 0.25) is 0 Å². The summed E-state index contributed by atoms with van der Waals surface area (Å²) in [4.78, 5) is 16.2. The SMILES string of the molecule is O=C(CCCCCc1ccccc1)Cc1nc(-c2ccco2)no1. The normalized spacial score (nSPS) is 10.8. The van der Waals surface area contributed by atoms with E-state index in [-0.39, 0.29) is 12.2 Å². The molecule has 0 amide bonds. The van der Waals surface area contributed by atoms with Gasteiger partial charge >= 0.3 is 0 Å². The van der Waals surface area contributed by atoms with Crippen molar-refractivity contribution in [3.8, 4) is 11.6 Å². The molecule has 0 unspecified atom stereocenters. The van der Waals surface area contributed by atoms with Crippen LogP contribution in [0.25, 0.3) is 11.6 Å². The average Bonchev–Trinajstić information content (AvgIpc) is 3.27. The Balaban J connectivity index is 1.35. The molecule has 2 heterocycles. The summed E-state index contributed by atoms with van der Waals surface area (Å²) in [6, 6.07) is 13.9. The molecule has 2 aromatic heterocycles. The van der Waals surface area contributed by atoms with Crippen LogP contribution in [0, 0.1) is 0 Å². The van der Waals surface area contributed by atoms with Crippen molar-refractivity contribution in [1.82, 2.24) is 10.1 Å². The summed E-state index contributed by atoms with van der Waals surface area (Å²) in [5.74, 6) is 1.39. The van der Waals surface area contributed by atoms with Gasteiger partial charge in [-0.1, -0.05) is 41.9 Å². The molecule has 0 saturated heterocycles. The Bertz CT molecular complexity index is 748. The fourth-order valence-corrected chi connectivity index (χ4v) is 2.56. The van der Waals surface area contributed by atoms with E-state index in [4.69, 9.17) is 8.94 Å². The maximum Gasteiger partial charge on any atom is 0.238 e. The van der Waals surface area contributed by atoms with Crippen LogP contribution in [0.5, 0.6) is 0 Å². The zero-order valence-electron chi connectivity index (χ0n) is 13.5. The predicted molar refractivity (Wildman–Crippen MR) is 89.3 cm³/mol. The Hall–Kier alpha value is -2.69. The first-order chi connectivity index (χ1) is 11.8. The standard InChI is InChI=1S/C19H20N2O3/c22-16(11-6-2-5-10-15-8-3-1-4-9-15)14-18-20-19(21-24-18)17-12-7-13-23-17/h1,3-4,7-9,12-13H,2,5-6,10-11,14H2. The van der Waals surface area contributed by atoms with Crippen LogP contribution < -0.4 is 0 Å². The van der Waals surface area contributed by atoms with Crippen LogP contribution in [0.4, 0.5) is 0 Å². The molecule has 0 aliphatic carbocycles. The number of hydrogen-bond donors (Lipinski definition) is 0. The number of unbranched alkanes of at least 4 members (excludes halogenated alkanes) is 2. The van der Waals surface area contributed by atoms with Crippen molar-refractivity contribution in [2.75, 3.05) is 0 Å². The number of carbonyl (C=O) groups is 1. The number of aromatic nitrogens is 2. The number of benzene rings is 1. The van der Waals surface area contributed by atoms with Crippen molar-refractivity contribution < 1.29 is 13.7 Å². The fourth-order valence-electron chi connectivity index (χ4n) is 2.56. The molecule has 0 atom stereocenters. The second kappa shape index (κ2) is 8.24. The second-order valence-electron chi connectivity index (χ2n) is 5.75. The lowest BCUT2D eigenvalue weighted by atomic mass is 10.0. The molecule has 24 heavy (non-hydrogen) atoms. The van der Waals surface area contributed by atoms with Gasteiger partial charge in [0.1, 0.15) is 5.78 Å².